The molecule has 1 atom stereocenters. The molecule has 0 spiro atoms. The summed E-state index contributed by atoms with van der Waals surface area (Å²) in [7, 11) is 0. The summed E-state index contributed by atoms with van der Waals surface area (Å²) in [5, 5.41) is 10.2. The summed E-state index contributed by atoms with van der Waals surface area (Å²) in [4.78, 5) is 13.3. The number of urea groups is 1. The summed E-state index contributed by atoms with van der Waals surface area (Å²) < 4.78 is 12.9. The molecule has 0 fully saturated rings. The fourth-order valence-corrected chi connectivity index (χ4v) is 3.81. The lowest BCUT2D eigenvalue weighted by Crippen LogP contribution is -2.39. The predicted molar refractivity (Wildman–Crippen MR) is 87.7 cm³/mol. The first-order valence-electron chi connectivity index (χ1n) is 7.34. The number of hydrogen-bond donors (Lipinski definition) is 2. The van der Waals surface area contributed by atoms with Gasteiger partial charge in [0.25, 0.3) is 0 Å². The van der Waals surface area contributed by atoms with Gasteiger partial charge in [0.15, 0.2) is 0 Å². The highest BCUT2D eigenvalue weighted by molar-refractivity contribution is 7.13. The van der Waals surface area contributed by atoms with Crippen molar-refractivity contribution in [2.75, 3.05) is 0 Å². The maximum Gasteiger partial charge on any atom is 0.339 e. The molecule has 1 aromatic carbocycles. The van der Waals surface area contributed by atoms with Crippen LogP contribution in [0.1, 0.15) is 28.2 Å². The van der Waals surface area contributed by atoms with Crippen molar-refractivity contribution < 1.29 is 14.4 Å². The number of rotatable bonds is 4. The van der Waals surface area contributed by atoms with Crippen molar-refractivity contribution in [3.8, 4) is 0 Å². The van der Waals surface area contributed by atoms with Crippen molar-refractivity contribution in [2.45, 2.75) is 25.3 Å². The van der Waals surface area contributed by atoms with Crippen LogP contribution in [-0.2, 0) is 6.42 Å². The predicted octanol–water partition coefficient (Wildman–Crippen LogP) is 3.79. The molecule has 3 N–H and O–H groups in total. The highest BCUT2D eigenvalue weighted by atomic mass is 32.1. The van der Waals surface area contributed by atoms with Gasteiger partial charge >= 0.3 is 6.03 Å². The minimum Gasteiger partial charge on any atom is -0.350 e. The van der Waals surface area contributed by atoms with Gasteiger partial charge in [0, 0.05) is 16.2 Å². The molecular weight excluding hydrogens is 315 g/mol. The molecule has 1 heterocycles. The smallest absolute Gasteiger partial charge is 0.339 e. The zero-order valence-corrected chi connectivity index (χ0v) is 13.2. The lowest BCUT2D eigenvalue weighted by Gasteiger charge is -2.17. The Kier molecular flexibility index (Phi) is 4.45. The number of nitrogens with two attached hydrogens (primary N) is 1. The Bertz CT molecular complexity index is 739. The van der Waals surface area contributed by atoms with Crippen LogP contribution in [0.4, 0.5) is 9.18 Å². The Morgan fingerprint density at radius 3 is 2.74 bits per heavy atom. The molecule has 0 saturated heterocycles. The number of hydroxylamine groups is 2. The van der Waals surface area contributed by atoms with Crippen LogP contribution < -0.4 is 5.73 Å². The van der Waals surface area contributed by atoms with Gasteiger partial charge in [-0.05, 0) is 48.2 Å². The molecule has 1 unspecified atom stereocenters. The van der Waals surface area contributed by atoms with Crippen LogP contribution in [0.15, 0.2) is 42.5 Å². The number of halogens is 1. The fraction of sp³-hybridized carbons (Fsp3) is 0.235. The van der Waals surface area contributed by atoms with E-state index >= 15 is 0 Å². The molecule has 0 radical (unpaired) electrons. The quantitative estimate of drug-likeness (QED) is 0.661. The fourth-order valence-electron chi connectivity index (χ4n) is 2.71. The summed E-state index contributed by atoms with van der Waals surface area (Å²) in [6.07, 6.45) is 4.11. The van der Waals surface area contributed by atoms with Crippen LogP contribution in [-0.4, -0.2) is 22.3 Å². The van der Waals surface area contributed by atoms with E-state index in [0.717, 1.165) is 28.9 Å². The summed E-state index contributed by atoms with van der Waals surface area (Å²) in [5.74, 6) is -0.231. The Hall–Kier alpha value is -2.18. The van der Waals surface area contributed by atoms with Crippen molar-refractivity contribution in [1.29, 1.82) is 0 Å². The number of carbonyl (C=O) groups excluding carboxylic acids is 1. The van der Waals surface area contributed by atoms with Gasteiger partial charge < -0.3 is 5.73 Å². The summed E-state index contributed by atoms with van der Waals surface area (Å²) in [6.45, 7) is 0. The number of benzene rings is 1. The van der Waals surface area contributed by atoms with Gasteiger partial charge in [0.1, 0.15) is 5.82 Å². The second-order valence-electron chi connectivity index (χ2n) is 5.55. The van der Waals surface area contributed by atoms with Crippen molar-refractivity contribution >= 4 is 22.9 Å². The zero-order chi connectivity index (χ0) is 16.4. The molecule has 23 heavy (non-hydrogen) atoms. The van der Waals surface area contributed by atoms with Gasteiger partial charge in [-0.3, -0.25) is 5.21 Å². The molecule has 0 bridgehead atoms. The molecule has 2 aromatic rings. The summed E-state index contributed by atoms with van der Waals surface area (Å²) >= 11 is 1.67. The van der Waals surface area contributed by atoms with E-state index in [2.05, 4.69) is 6.07 Å². The van der Waals surface area contributed by atoms with Crippen molar-refractivity contribution in [3.05, 3.63) is 63.6 Å². The number of nitrogens with zero attached hydrogens (tertiary/aromatic N) is 1. The van der Waals surface area contributed by atoms with Gasteiger partial charge in [-0.25, -0.2) is 9.18 Å². The second-order valence-corrected chi connectivity index (χ2v) is 6.72. The Morgan fingerprint density at radius 2 is 2.04 bits per heavy atom. The van der Waals surface area contributed by atoms with E-state index in [9.17, 15) is 14.4 Å². The van der Waals surface area contributed by atoms with Crippen LogP contribution in [0.25, 0.3) is 5.57 Å². The van der Waals surface area contributed by atoms with E-state index in [1.165, 1.54) is 17.0 Å². The van der Waals surface area contributed by atoms with Crippen LogP contribution in [0.3, 0.4) is 0 Å². The summed E-state index contributed by atoms with van der Waals surface area (Å²) in [5.41, 5.74) is 7.26. The average Bonchev–Trinajstić information content (AvgIpc) is 3.17. The van der Waals surface area contributed by atoms with E-state index in [-0.39, 0.29) is 11.9 Å². The van der Waals surface area contributed by atoms with Gasteiger partial charge in [-0.15, -0.1) is 11.3 Å². The first-order valence-corrected chi connectivity index (χ1v) is 8.16. The number of thiophene rings is 1. The van der Waals surface area contributed by atoms with Gasteiger partial charge in [0.05, 0.1) is 6.04 Å². The SMILES string of the molecule is NC(=O)N(O)C1C=C(c2ccc(Cc3ccc(F)cc3)s2)CC1. The molecule has 3 rings (SSSR count). The third-order valence-electron chi connectivity index (χ3n) is 3.91. The zero-order valence-electron chi connectivity index (χ0n) is 12.4. The maximum atomic E-state index is 12.9. The average molecular weight is 332 g/mol. The Balaban J connectivity index is 1.71. The molecule has 1 aliphatic carbocycles. The van der Waals surface area contributed by atoms with Gasteiger partial charge in [-0.1, -0.05) is 18.2 Å². The number of primary amides is 1. The number of hydrogen-bond acceptors (Lipinski definition) is 3. The van der Waals surface area contributed by atoms with Gasteiger partial charge in [-0.2, -0.15) is 5.06 Å². The third-order valence-corrected chi connectivity index (χ3v) is 5.07. The Labute approximate surface area is 137 Å². The van der Waals surface area contributed by atoms with Crippen molar-refractivity contribution in [1.82, 2.24) is 5.06 Å². The highest BCUT2D eigenvalue weighted by Gasteiger charge is 2.25. The largest absolute Gasteiger partial charge is 0.350 e. The molecule has 0 saturated carbocycles. The molecule has 4 nitrogen and oxygen atoms in total. The van der Waals surface area contributed by atoms with Crippen LogP contribution >= 0.6 is 11.3 Å². The summed E-state index contributed by atoms with van der Waals surface area (Å²) in [6, 6.07) is 9.42. The molecule has 6 heteroatoms. The normalized spacial score (nSPS) is 17.1. The minimum atomic E-state index is -0.837. The highest BCUT2D eigenvalue weighted by Crippen LogP contribution is 2.34. The molecule has 2 amide bonds. The van der Waals surface area contributed by atoms with Crippen LogP contribution in [0, 0.1) is 5.82 Å². The molecule has 1 aliphatic rings. The Morgan fingerprint density at radius 1 is 1.30 bits per heavy atom. The van der Waals surface area contributed by atoms with Crippen molar-refractivity contribution in [3.63, 3.8) is 0 Å². The van der Waals surface area contributed by atoms with Gasteiger partial charge in [0.2, 0.25) is 0 Å². The maximum absolute atomic E-state index is 12.9. The van der Waals surface area contributed by atoms with Crippen LogP contribution in [0.5, 0.6) is 0 Å². The topological polar surface area (TPSA) is 66.6 Å². The monoisotopic (exact) mass is 332 g/mol. The lowest BCUT2D eigenvalue weighted by atomic mass is 10.1. The minimum absolute atomic E-state index is 0.231. The van der Waals surface area contributed by atoms with E-state index in [4.69, 9.17) is 5.73 Å². The standard InChI is InChI=1S/C17H17FN2O2S/c18-13-4-1-11(2-5-13)9-15-7-8-16(23-15)12-3-6-14(10-12)20(22)17(19)21/h1-2,4-5,7-8,10,14,22H,3,6,9H2,(H2,19,21). The molecule has 120 valence electrons. The van der Waals surface area contributed by atoms with Crippen molar-refractivity contribution in [2.24, 2.45) is 5.73 Å². The van der Waals surface area contributed by atoms with E-state index in [1.807, 2.05) is 12.1 Å². The molecule has 0 aliphatic heterocycles. The number of carbonyl (C=O) groups is 1. The first-order chi connectivity index (χ1) is 11.0. The molecule has 1 aromatic heterocycles. The van der Waals surface area contributed by atoms with E-state index in [0.29, 0.717) is 11.5 Å². The molecular formula is C17H17FN2O2S. The third kappa shape index (κ3) is 3.60. The number of amides is 2. The lowest BCUT2D eigenvalue weighted by molar-refractivity contribution is -0.0608. The van der Waals surface area contributed by atoms with Crippen LogP contribution in [0.2, 0.25) is 0 Å². The second kappa shape index (κ2) is 6.52. The first kappa shape index (κ1) is 15.7. The van der Waals surface area contributed by atoms with E-state index < -0.39 is 6.03 Å². The van der Waals surface area contributed by atoms with E-state index in [1.54, 1.807) is 23.5 Å². The number of allylic oxidation sites excluding steroid dienone is 1.